The van der Waals surface area contributed by atoms with Gasteiger partial charge in [-0.3, -0.25) is 9.59 Å². The molecule has 2 aliphatic heterocycles. The van der Waals surface area contributed by atoms with E-state index in [-0.39, 0.29) is 11.8 Å². The number of nitrogens with one attached hydrogen (secondary N) is 2. The summed E-state index contributed by atoms with van der Waals surface area (Å²) in [5, 5.41) is 15.7. The maximum absolute atomic E-state index is 12.8. The van der Waals surface area contributed by atoms with Gasteiger partial charge in [-0.1, -0.05) is 18.2 Å². The zero-order chi connectivity index (χ0) is 16.7. The zero-order valence-electron chi connectivity index (χ0n) is 13.0. The molecule has 6 heteroatoms. The minimum Gasteiger partial charge on any atom is -0.391 e. The molecule has 122 valence electrons. The number of nitrogens with zero attached hydrogens (tertiary/aromatic N) is 1. The molecule has 4 rings (SSSR count). The van der Waals surface area contributed by atoms with Crippen molar-refractivity contribution in [2.24, 2.45) is 0 Å². The molecule has 3 N–H and O–H groups in total. The van der Waals surface area contributed by atoms with Crippen LogP contribution in [0.5, 0.6) is 0 Å². The largest absolute Gasteiger partial charge is 0.391 e. The second-order valence-corrected chi connectivity index (χ2v) is 6.05. The molecular formula is C18H17N3O3. The Kier molecular flexibility index (Phi) is 3.46. The topological polar surface area (TPSA) is 81.7 Å². The van der Waals surface area contributed by atoms with E-state index in [1.165, 1.54) is 0 Å². The van der Waals surface area contributed by atoms with Gasteiger partial charge in [-0.2, -0.15) is 0 Å². The predicted molar refractivity (Wildman–Crippen MR) is 90.6 cm³/mol. The number of aliphatic hydroxyl groups is 1. The van der Waals surface area contributed by atoms with Gasteiger partial charge in [0.25, 0.3) is 11.8 Å². The molecule has 1 unspecified atom stereocenters. The molecule has 1 saturated heterocycles. The van der Waals surface area contributed by atoms with Crippen LogP contribution in [0, 0.1) is 0 Å². The number of hydrogen-bond donors (Lipinski definition) is 3. The van der Waals surface area contributed by atoms with Crippen LogP contribution in [0.15, 0.2) is 42.5 Å². The van der Waals surface area contributed by atoms with E-state index in [9.17, 15) is 14.7 Å². The van der Waals surface area contributed by atoms with E-state index in [1.54, 1.807) is 23.1 Å². The minimum atomic E-state index is -0.493. The summed E-state index contributed by atoms with van der Waals surface area (Å²) in [6.45, 7) is 0.802. The Morgan fingerprint density at radius 1 is 1.04 bits per heavy atom. The fraction of sp³-hybridized carbons (Fsp3) is 0.222. The molecule has 2 aromatic carbocycles. The van der Waals surface area contributed by atoms with Gasteiger partial charge in [0.05, 0.1) is 34.3 Å². The molecule has 2 aromatic rings. The summed E-state index contributed by atoms with van der Waals surface area (Å²) >= 11 is 0. The molecule has 2 heterocycles. The standard InChI is InChI=1S/C18H17N3O3/c22-11-8-9-21(10-11)18(24)12-4-3-7-15-16(12)17(23)20-14-6-2-1-5-13(14)19-15/h1-7,11,19,22H,8-10H2,(H,20,23). The third-order valence-electron chi connectivity index (χ3n) is 4.42. The Hall–Kier alpha value is -2.86. The van der Waals surface area contributed by atoms with Crippen LogP contribution in [0.2, 0.25) is 0 Å². The van der Waals surface area contributed by atoms with Crippen molar-refractivity contribution in [1.29, 1.82) is 0 Å². The van der Waals surface area contributed by atoms with E-state index in [1.807, 2.05) is 24.3 Å². The fourth-order valence-corrected chi connectivity index (χ4v) is 3.21. The van der Waals surface area contributed by atoms with Crippen molar-refractivity contribution >= 4 is 28.9 Å². The van der Waals surface area contributed by atoms with Gasteiger partial charge in [-0.25, -0.2) is 0 Å². The number of carbonyl (C=O) groups is 2. The lowest BCUT2D eigenvalue weighted by atomic mass is 10.0. The number of hydrogen-bond acceptors (Lipinski definition) is 4. The van der Waals surface area contributed by atoms with Gasteiger partial charge in [0, 0.05) is 13.1 Å². The van der Waals surface area contributed by atoms with E-state index >= 15 is 0 Å². The summed E-state index contributed by atoms with van der Waals surface area (Å²) in [7, 11) is 0. The van der Waals surface area contributed by atoms with Gasteiger partial charge in [0.15, 0.2) is 0 Å². The third-order valence-corrected chi connectivity index (χ3v) is 4.42. The first-order valence-electron chi connectivity index (χ1n) is 7.91. The maximum Gasteiger partial charge on any atom is 0.258 e. The highest BCUT2D eigenvalue weighted by Gasteiger charge is 2.30. The Morgan fingerprint density at radius 3 is 2.46 bits per heavy atom. The van der Waals surface area contributed by atoms with Crippen molar-refractivity contribution in [2.75, 3.05) is 23.7 Å². The molecule has 0 radical (unpaired) electrons. The normalized spacial score (nSPS) is 19.0. The summed E-state index contributed by atoms with van der Waals surface area (Å²) in [6.07, 6.45) is 0.0730. The number of fused-ring (bicyclic) bond motifs is 2. The summed E-state index contributed by atoms with van der Waals surface area (Å²) in [5.74, 6) is -0.544. The molecule has 2 amide bonds. The molecule has 2 aliphatic rings. The van der Waals surface area contributed by atoms with Crippen molar-refractivity contribution in [3.8, 4) is 0 Å². The predicted octanol–water partition coefficient (Wildman–Crippen LogP) is 2.20. The Labute approximate surface area is 139 Å². The van der Waals surface area contributed by atoms with Gasteiger partial charge in [-0.15, -0.1) is 0 Å². The molecule has 1 atom stereocenters. The van der Waals surface area contributed by atoms with Crippen LogP contribution >= 0.6 is 0 Å². The highest BCUT2D eigenvalue weighted by Crippen LogP contribution is 2.33. The van der Waals surface area contributed by atoms with Crippen molar-refractivity contribution in [1.82, 2.24) is 4.90 Å². The zero-order valence-corrected chi connectivity index (χ0v) is 13.0. The molecular weight excluding hydrogens is 306 g/mol. The lowest BCUT2D eigenvalue weighted by Gasteiger charge is -2.18. The number of likely N-dealkylation sites (tertiary alicyclic amines) is 1. The van der Waals surface area contributed by atoms with E-state index < -0.39 is 6.10 Å². The number of β-amino-alcohol motifs (C(OH)–C–C–N with tert-alkyl or cyclic N) is 1. The van der Waals surface area contributed by atoms with Crippen LogP contribution in [0.4, 0.5) is 17.1 Å². The summed E-state index contributed by atoms with van der Waals surface area (Å²) in [5.41, 5.74) is 2.74. The van der Waals surface area contributed by atoms with Gasteiger partial charge in [0.1, 0.15) is 0 Å². The molecule has 6 nitrogen and oxygen atoms in total. The smallest absolute Gasteiger partial charge is 0.258 e. The van der Waals surface area contributed by atoms with Crippen molar-refractivity contribution in [3.63, 3.8) is 0 Å². The number of benzene rings is 2. The second kappa shape index (κ2) is 5.65. The lowest BCUT2D eigenvalue weighted by molar-refractivity contribution is 0.0760. The number of para-hydroxylation sites is 2. The first-order valence-corrected chi connectivity index (χ1v) is 7.91. The number of carbonyl (C=O) groups excluding carboxylic acids is 2. The highest BCUT2D eigenvalue weighted by molar-refractivity contribution is 6.18. The summed E-state index contributed by atoms with van der Waals surface area (Å²) < 4.78 is 0. The number of anilines is 3. The third kappa shape index (κ3) is 2.41. The summed E-state index contributed by atoms with van der Waals surface area (Å²) in [6, 6.07) is 12.6. The Balaban J connectivity index is 1.76. The van der Waals surface area contributed by atoms with Gasteiger partial charge in [0.2, 0.25) is 0 Å². The summed E-state index contributed by atoms with van der Waals surface area (Å²) in [4.78, 5) is 27.1. The fourth-order valence-electron chi connectivity index (χ4n) is 3.21. The average Bonchev–Trinajstić information content (AvgIpc) is 2.95. The van der Waals surface area contributed by atoms with Crippen LogP contribution in [0.3, 0.4) is 0 Å². The molecule has 1 fully saturated rings. The first-order chi connectivity index (χ1) is 11.6. The monoisotopic (exact) mass is 323 g/mol. The lowest BCUT2D eigenvalue weighted by Crippen LogP contribution is -2.31. The van der Waals surface area contributed by atoms with Gasteiger partial charge < -0.3 is 20.6 Å². The first kappa shape index (κ1) is 14.7. The number of amides is 2. The highest BCUT2D eigenvalue weighted by atomic mass is 16.3. The van der Waals surface area contributed by atoms with E-state index in [0.717, 1.165) is 5.69 Å². The van der Waals surface area contributed by atoms with Crippen molar-refractivity contribution < 1.29 is 14.7 Å². The maximum atomic E-state index is 12.8. The van der Waals surface area contributed by atoms with Crippen molar-refractivity contribution in [3.05, 3.63) is 53.6 Å². The molecule has 24 heavy (non-hydrogen) atoms. The van der Waals surface area contributed by atoms with E-state index in [0.29, 0.717) is 42.0 Å². The average molecular weight is 323 g/mol. The van der Waals surface area contributed by atoms with E-state index in [4.69, 9.17) is 0 Å². The Morgan fingerprint density at radius 2 is 1.75 bits per heavy atom. The molecule has 0 aromatic heterocycles. The van der Waals surface area contributed by atoms with Crippen molar-refractivity contribution in [2.45, 2.75) is 12.5 Å². The van der Waals surface area contributed by atoms with Crippen LogP contribution in [-0.2, 0) is 0 Å². The molecule has 0 bridgehead atoms. The van der Waals surface area contributed by atoms with Crippen LogP contribution in [0.25, 0.3) is 0 Å². The number of aliphatic hydroxyl groups excluding tert-OH is 1. The van der Waals surface area contributed by atoms with Gasteiger partial charge in [-0.05, 0) is 30.7 Å². The number of rotatable bonds is 1. The molecule has 0 spiro atoms. The second-order valence-electron chi connectivity index (χ2n) is 6.05. The SMILES string of the molecule is O=C1Nc2ccccc2Nc2cccc(C(=O)N3CCC(O)C3)c21. The van der Waals surface area contributed by atoms with E-state index in [2.05, 4.69) is 10.6 Å². The quantitative estimate of drug-likeness (QED) is 0.751. The minimum absolute atomic E-state index is 0.230. The molecule has 0 saturated carbocycles. The van der Waals surface area contributed by atoms with Gasteiger partial charge >= 0.3 is 0 Å². The van der Waals surface area contributed by atoms with Crippen LogP contribution in [0.1, 0.15) is 27.1 Å². The van der Waals surface area contributed by atoms with Crippen LogP contribution in [-0.4, -0.2) is 41.0 Å². The Bertz CT molecular complexity index is 834. The van der Waals surface area contributed by atoms with Crippen LogP contribution < -0.4 is 10.6 Å². The molecule has 0 aliphatic carbocycles.